The molecule has 0 bridgehead atoms. The molecule has 3 rings (SSSR count). The lowest BCUT2D eigenvalue weighted by molar-refractivity contribution is -0.136. The van der Waals surface area contributed by atoms with Gasteiger partial charge in [0.15, 0.2) is 0 Å². The molecule has 0 saturated carbocycles. The molecule has 5 nitrogen and oxygen atoms in total. The maximum Gasteiger partial charge on any atom is 0.226 e. The summed E-state index contributed by atoms with van der Waals surface area (Å²) in [4.78, 5) is 19.1. The van der Waals surface area contributed by atoms with Gasteiger partial charge in [-0.2, -0.15) is 0 Å². The molecule has 1 aliphatic rings. The fraction of sp³-hybridized carbons (Fsp3) is 0.455. The Morgan fingerprint density at radius 1 is 1.25 bits per heavy atom. The summed E-state index contributed by atoms with van der Waals surface area (Å²) in [5.41, 5.74) is 1.60. The SMILES string of the molecule is CN(C)CCNC(=O)C1(Cc2ccc(-c3cccnc3)cc2F)CCOCC1. The van der Waals surface area contributed by atoms with E-state index in [0.717, 1.165) is 17.7 Å². The molecule has 0 unspecified atom stereocenters. The zero-order chi connectivity index (χ0) is 20.0. The second-order valence-electron chi connectivity index (χ2n) is 7.68. The molecule has 28 heavy (non-hydrogen) atoms. The van der Waals surface area contributed by atoms with Crippen LogP contribution in [0.3, 0.4) is 0 Å². The monoisotopic (exact) mass is 385 g/mol. The second kappa shape index (κ2) is 9.26. The number of nitrogens with zero attached hydrogens (tertiary/aromatic N) is 2. The van der Waals surface area contributed by atoms with Gasteiger partial charge in [-0.3, -0.25) is 9.78 Å². The molecule has 0 aliphatic carbocycles. The maximum atomic E-state index is 14.9. The summed E-state index contributed by atoms with van der Waals surface area (Å²) in [5.74, 6) is -0.290. The van der Waals surface area contributed by atoms with Crippen molar-refractivity contribution in [2.75, 3.05) is 40.4 Å². The predicted molar refractivity (Wildman–Crippen MR) is 107 cm³/mol. The molecular formula is C22H28FN3O2. The molecule has 0 spiro atoms. The molecule has 1 aromatic heterocycles. The standard InChI is InChI=1S/C22H28FN3O2/c1-26(2)11-10-25-21(27)22(7-12-28-13-8-22)15-18-6-5-17(14-20(18)23)19-4-3-9-24-16-19/h3-6,9,14,16H,7-8,10-13,15H2,1-2H3,(H,25,27). The van der Waals surface area contributed by atoms with Crippen LogP contribution in [0.25, 0.3) is 11.1 Å². The molecular weight excluding hydrogens is 357 g/mol. The first kappa shape index (κ1) is 20.4. The second-order valence-corrected chi connectivity index (χ2v) is 7.68. The fourth-order valence-corrected chi connectivity index (χ4v) is 3.60. The Balaban J connectivity index is 1.78. The third-order valence-electron chi connectivity index (χ3n) is 5.35. The molecule has 1 aromatic carbocycles. The topological polar surface area (TPSA) is 54.5 Å². The van der Waals surface area contributed by atoms with Crippen molar-refractivity contribution in [1.82, 2.24) is 15.2 Å². The zero-order valence-electron chi connectivity index (χ0n) is 16.6. The highest BCUT2D eigenvalue weighted by Crippen LogP contribution is 2.36. The van der Waals surface area contributed by atoms with Crippen molar-refractivity contribution in [3.63, 3.8) is 0 Å². The van der Waals surface area contributed by atoms with Crippen molar-refractivity contribution in [1.29, 1.82) is 0 Å². The summed E-state index contributed by atoms with van der Waals surface area (Å²) in [5, 5.41) is 3.03. The van der Waals surface area contributed by atoms with Gasteiger partial charge in [0.1, 0.15) is 5.82 Å². The van der Waals surface area contributed by atoms with Gasteiger partial charge in [0.05, 0.1) is 5.41 Å². The number of rotatable bonds is 7. The van der Waals surface area contributed by atoms with Crippen molar-refractivity contribution in [2.24, 2.45) is 5.41 Å². The summed E-state index contributed by atoms with van der Waals surface area (Å²) in [6.45, 7) is 2.40. The van der Waals surface area contributed by atoms with Crippen molar-refractivity contribution in [2.45, 2.75) is 19.3 Å². The average molecular weight is 385 g/mol. The molecule has 1 amide bonds. The number of carbonyl (C=O) groups excluding carboxylic acids is 1. The summed E-state index contributed by atoms with van der Waals surface area (Å²) in [7, 11) is 3.94. The highest BCUT2D eigenvalue weighted by molar-refractivity contribution is 5.83. The van der Waals surface area contributed by atoms with Crippen LogP contribution in [0.4, 0.5) is 4.39 Å². The number of likely N-dealkylation sites (N-methyl/N-ethyl adjacent to an activating group) is 1. The molecule has 1 aliphatic heterocycles. The van der Waals surface area contributed by atoms with E-state index < -0.39 is 5.41 Å². The molecule has 2 heterocycles. The van der Waals surface area contributed by atoms with E-state index in [1.54, 1.807) is 18.5 Å². The quantitative estimate of drug-likeness (QED) is 0.796. The van der Waals surface area contributed by atoms with Crippen molar-refractivity contribution in [3.8, 4) is 11.1 Å². The van der Waals surface area contributed by atoms with Crippen molar-refractivity contribution < 1.29 is 13.9 Å². The molecule has 2 aromatic rings. The van der Waals surface area contributed by atoms with Crippen LogP contribution in [0, 0.1) is 11.2 Å². The number of benzene rings is 1. The van der Waals surface area contributed by atoms with Crippen LogP contribution in [-0.4, -0.2) is 56.2 Å². The lowest BCUT2D eigenvalue weighted by Gasteiger charge is -2.36. The predicted octanol–water partition coefficient (Wildman–Crippen LogP) is 2.90. The van der Waals surface area contributed by atoms with E-state index in [0.29, 0.717) is 44.6 Å². The van der Waals surface area contributed by atoms with E-state index in [1.807, 2.05) is 37.2 Å². The molecule has 1 saturated heterocycles. The number of hydrogen-bond acceptors (Lipinski definition) is 4. The Kier molecular flexibility index (Phi) is 6.75. The largest absolute Gasteiger partial charge is 0.381 e. The maximum absolute atomic E-state index is 14.9. The lowest BCUT2D eigenvalue weighted by Crippen LogP contribution is -2.47. The van der Waals surface area contributed by atoms with E-state index in [1.165, 1.54) is 6.07 Å². The number of hydrogen-bond donors (Lipinski definition) is 1. The zero-order valence-corrected chi connectivity index (χ0v) is 16.6. The Morgan fingerprint density at radius 2 is 2.04 bits per heavy atom. The lowest BCUT2D eigenvalue weighted by atomic mass is 9.74. The van der Waals surface area contributed by atoms with Crippen LogP contribution in [-0.2, 0) is 16.0 Å². The third-order valence-corrected chi connectivity index (χ3v) is 5.35. The number of pyridine rings is 1. The Bertz CT molecular complexity index is 790. The van der Waals surface area contributed by atoms with Gasteiger partial charge in [-0.15, -0.1) is 0 Å². The smallest absolute Gasteiger partial charge is 0.226 e. The van der Waals surface area contributed by atoms with Crippen LogP contribution in [0.15, 0.2) is 42.7 Å². The first-order chi connectivity index (χ1) is 13.5. The molecule has 1 N–H and O–H groups in total. The van der Waals surface area contributed by atoms with Crippen molar-refractivity contribution in [3.05, 3.63) is 54.1 Å². The van der Waals surface area contributed by atoms with Crippen LogP contribution in [0.2, 0.25) is 0 Å². The van der Waals surface area contributed by atoms with E-state index in [2.05, 4.69) is 10.3 Å². The summed E-state index contributed by atoms with van der Waals surface area (Å²) in [6, 6.07) is 8.95. The number of ether oxygens (including phenoxy) is 1. The normalized spacial score (nSPS) is 16.1. The Labute approximate surface area is 165 Å². The summed E-state index contributed by atoms with van der Waals surface area (Å²) >= 11 is 0. The highest BCUT2D eigenvalue weighted by Gasteiger charge is 2.40. The first-order valence-corrected chi connectivity index (χ1v) is 9.70. The van der Waals surface area contributed by atoms with Gasteiger partial charge in [-0.1, -0.05) is 18.2 Å². The number of amides is 1. The molecule has 0 atom stereocenters. The molecule has 150 valence electrons. The van der Waals surface area contributed by atoms with Gasteiger partial charge >= 0.3 is 0 Å². The van der Waals surface area contributed by atoms with Gasteiger partial charge in [-0.25, -0.2) is 4.39 Å². The minimum Gasteiger partial charge on any atom is -0.381 e. The summed E-state index contributed by atoms with van der Waals surface area (Å²) < 4.78 is 20.4. The molecule has 0 radical (unpaired) electrons. The van der Waals surface area contributed by atoms with Crippen LogP contribution in [0.1, 0.15) is 18.4 Å². The molecule has 1 fully saturated rings. The van der Waals surface area contributed by atoms with Gasteiger partial charge < -0.3 is 15.0 Å². The minimum atomic E-state index is -0.624. The Morgan fingerprint density at radius 3 is 2.68 bits per heavy atom. The van der Waals surface area contributed by atoms with Crippen LogP contribution < -0.4 is 5.32 Å². The van der Waals surface area contributed by atoms with Crippen molar-refractivity contribution >= 4 is 5.91 Å². The number of aromatic nitrogens is 1. The average Bonchev–Trinajstić information content (AvgIpc) is 2.70. The van der Waals surface area contributed by atoms with Gasteiger partial charge in [-0.05, 0) is 56.6 Å². The van der Waals surface area contributed by atoms with Gasteiger partial charge in [0.2, 0.25) is 5.91 Å². The first-order valence-electron chi connectivity index (χ1n) is 9.70. The fourth-order valence-electron chi connectivity index (χ4n) is 3.60. The van der Waals surface area contributed by atoms with Crippen LogP contribution >= 0.6 is 0 Å². The highest BCUT2D eigenvalue weighted by atomic mass is 19.1. The van der Waals surface area contributed by atoms with E-state index in [-0.39, 0.29) is 11.7 Å². The van der Waals surface area contributed by atoms with E-state index >= 15 is 0 Å². The van der Waals surface area contributed by atoms with E-state index in [4.69, 9.17) is 4.74 Å². The van der Waals surface area contributed by atoms with E-state index in [9.17, 15) is 9.18 Å². The number of halogens is 1. The summed E-state index contributed by atoms with van der Waals surface area (Å²) in [6.07, 6.45) is 4.99. The number of carbonyl (C=O) groups is 1. The van der Waals surface area contributed by atoms with Gasteiger partial charge in [0, 0.05) is 44.3 Å². The Hall–Kier alpha value is -2.31. The van der Waals surface area contributed by atoms with Gasteiger partial charge in [0.25, 0.3) is 0 Å². The third kappa shape index (κ3) is 4.94. The number of nitrogens with one attached hydrogen (secondary N) is 1. The molecule has 6 heteroatoms. The van der Waals surface area contributed by atoms with Crippen LogP contribution in [0.5, 0.6) is 0 Å². The minimum absolute atomic E-state index is 0.00612.